The smallest absolute Gasteiger partial charge is 0.410 e. The van der Waals surface area contributed by atoms with Gasteiger partial charge in [0.15, 0.2) is 0 Å². The molecule has 2 N–H and O–H groups in total. The van der Waals surface area contributed by atoms with Gasteiger partial charge in [-0.2, -0.15) is 9.78 Å². The van der Waals surface area contributed by atoms with Gasteiger partial charge in [-0.1, -0.05) is 24.3 Å². The molecule has 2 aromatic rings. The Morgan fingerprint density at radius 1 is 1.25 bits per heavy atom. The number of anilines is 1. The molecule has 3 rings (SSSR count). The van der Waals surface area contributed by atoms with Crippen molar-refractivity contribution in [3.63, 3.8) is 0 Å². The number of rotatable bonds is 3. The molecule has 0 radical (unpaired) electrons. The first-order valence-corrected chi connectivity index (χ1v) is 9.57. The second-order valence-corrected chi connectivity index (χ2v) is 8.19. The number of aryl methyl sites for hydroxylation is 2. The third-order valence-corrected chi connectivity index (χ3v) is 4.84. The van der Waals surface area contributed by atoms with Crippen molar-refractivity contribution in [3.8, 4) is 0 Å². The van der Waals surface area contributed by atoms with Crippen LogP contribution in [0.2, 0.25) is 0 Å². The summed E-state index contributed by atoms with van der Waals surface area (Å²) in [6.45, 7) is 8.33. The third kappa shape index (κ3) is 4.35. The van der Waals surface area contributed by atoms with Crippen LogP contribution in [0.15, 0.2) is 24.3 Å². The zero-order chi connectivity index (χ0) is 20.5. The van der Waals surface area contributed by atoms with E-state index < -0.39 is 5.60 Å². The lowest BCUT2D eigenvalue weighted by Gasteiger charge is -2.29. The Balaban J connectivity index is 1.70. The molecular weight excluding hydrogens is 356 g/mol. The number of fused-ring (bicyclic) bond motifs is 1. The van der Waals surface area contributed by atoms with Crippen molar-refractivity contribution in [3.05, 3.63) is 46.6 Å². The largest absolute Gasteiger partial charge is 0.444 e. The maximum absolute atomic E-state index is 12.7. The van der Waals surface area contributed by atoms with Gasteiger partial charge in [-0.15, -0.1) is 0 Å². The molecule has 0 unspecified atom stereocenters. The second-order valence-electron chi connectivity index (χ2n) is 8.19. The Kier molecular flexibility index (Phi) is 5.45. The van der Waals surface area contributed by atoms with Gasteiger partial charge in [-0.25, -0.2) is 4.79 Å². The summed E-state index contributed by atoms with van der Waals surface area (Å²) in [5.41, 5.74) is 9.46. The molecule has 0 bridgehead atoms. The van der Waals surface area contributed by atoms with Crippen LogP contribution in [0, 0.1) is 6.92 Å². The van der Waals surface area contributed by atoms with E-state index in [1.54, 1.807) is 4.90 Å². The lowest BCUT2D eigenvalue weighted by Crippen LogP contribution is -2.39. The quantitative estimate of drug-likeness (QED) is 0.876. The molecule has 150 valence electrons. The average molecular weight is 384 g/mol. The molecule has 0 aliphatic carbocycles. The molecule has 2 heterocycles. The molecule has 0 saturated heterocycles. The van der Waals surface area contributed by atoms with Crippen LogP contribution in [0.5, 0.6) is 0 Å². The normalized spacial score (nSPS) is 13.9. The molecule has 0 fully saturated rings. The molecule has 1 aromatic carbocycles. The van der Waals surface area contributed by atoms with Crippen molar-refractivity contribution >= 4 is 17.8 Å². The minimum absolute atomic E-state index is 0.140. The maximum Gasteiger partial charge on any atom is 0.410 e. The van der Waals surface area contributed by atoms with E-state index in [4.69, 9.17) is 10.5 Å². The van der Waals surface area contributed by atoms with Crippen LogP contribution in [0.3, 0.4) is 0 Å². The predicted octanol–water partition coefficient (Wildman–Crippen LogP) is 3.34. The average Bonchev–Trinajstić information content (AvgIpc) is 2.95. The lowest BCUT2D eigenvalue weighted by molar-refractivity contribution is 0.0221. The first kappa shape index (κ1) is 19.9. The standard InChI is InChI=1S/C21H28N4O3/c1-14-7-5-6-8-15(14)9-10-18(26)25-19(22)16-11-12-24(13-17(16)23-25)20(27)28-21(2,3)4/h5-8H,9-13,22H2,1-4H3. The molecule has 28 heavy (non-hydrogen) atoms. The minimum atomic E-state index is -0.554. The van der Waals surface area contributed by atoms with Crippen LogP contribution >= 0.6 is 0 Å². The van der Waals surface area contributed by atoms with E-state index in [-0.39, 0.29) is 12.0 Å². The monoisotopic (exact) mass is 384 g/mol. The van der Waals surface area contributed by atoms with E-state index in [1.807, 2.05) is 52.0 Å². The van der Waals surface area contributed by atoms with E-state index in [1.165, 1.54) is 4.68 Å². The van der Waals surface area contributed by atoms with E-state index in [0.717, 1.165) is 16.7 Å². The summed E-state index contributed by atoms with van der Waals surface area (Å²) >= 11 is 0. The van der Waals surface area contributed by atoms with Gasteiger partial charge in [0.05, 0.1) is 12.2 Å². The van der Waals surface area contributed by atoms with E-state index in [0.29, 0.717) is 43.9 Å². The first-order valence-electron chi connectivity index (χ1n) is 9.57. The van der Waals surface area contributed by atoms with Crippen molar-refractivity contribution in [2.75, 3.05) is 12.3 Å². The molecule has 1 aliphatic rings. The highest BCUT2D eigenvalue weighted by Crippen LogP contribution is 2.25. The number of nitrogen functional groups attached to an aromatic ring is 1. The van der Waals surface area contributed by atoms with E-state index >= 15 is 0 Å². The second kappa shape index (κ2) is 7.66. The van der Waals surface area contributed by atoms with Gasteiger partial charge in [0.1, 0.15) is 11.4 Å². The maximum atomic E-state index is 12.7. The molecule has 7 heteroatoms. The van der Waals surface area contributed by atoms with Crippen LogP contribution in [-0.2, 0) is 24.1 Å². The summed E-state index contributed by atoms with van der Waals surface area (Å²) in [5, 5.41) is 4.41. The van der Waals surface area contributed by atoms with Crippen LogP contribution in [0.1, 0.15) is 54.4 Å². The fraction of sp³-hybridized carbons (Fsp3) is 0.476. The summed E-state index contributed by atoms with van der Waals surface area (Å²) in [4.78, 5) is 26.6. The highest BCUT2D eigenvalue weighted by atomic mass is 16.6. The van der Waals surface area contributed by atoms with E-state index in [9.17, 15) is 9.59 Å². The Bertz CT molecular complexity index is 896. The Labute approximate surface area is 165 Å². The van der Waals surface area contributed by atoms with Crippen LogP contribution in [0.25, 0.3) is 0 Å². The number of nitrogens with zero attached hydrogens (tertiary/aromatic N) is 3. The van der Waals surface area contributed by atoms with Gasteiger partial charge >= 0.3 is 6.09 Å². The number of carbonyl (C=O) groups is 2. The third-order valence-electron chi connectivity index (χ3n) is 4.84. The first-order chi connectivity index (χ1) is 13.2. The number of ether oxygens (including phenoxy) is 1. The Hall–Kier alpha value is -2.83. The Morgan fingerprint density at radius 2 is 1.96 bits per heavy atom. The number of benzene rings is 1. The van der Waals surface area contributed by atoms with Crippen LogP contribution in [-0.4, -0.2) is 38.8 Å². The number of amides is 1. The van der Waals surface area contributed by atoms with Crippen molar-refractivity contribution < 1.29 is 14.3 Å². The molecular formula is C21H28N4O3. The van der Waals surface area contributed by atoms with Crippen molar-refractivity contribution in [1.82, 2.24) is 14.7 Å². The topological polar surface area (TPSA) is 90.5 Å². The number of aromatic nitrogens is 2. The summed E-state index contributed by atoms with van der Waals surface area (Å²) in [6.07, 6.45) is 1.15. The minimum Gasteiger partial charge on any atom is -0.444 e. The van der Waals surface area contributed by atoms with Crippen molar-refractivity contribution in [2.24, 2.45) is 0 Å². The van der Waals surface area contributed by atoms with Crippen LogP contribution in [0.4, 0.5) is 10.6 Å². The molecule has 0 saturated carbocycles. The fourth-order valence-electron chi connectivity index (χ4n) is 3.33. The van der Waals surface area contributed by atoms with Gasteiger partial charge in [-0.3, -0.25) is 4.79 Å². The van der Waals surface area contributed by atoms with E-state index in [2.05, 4.69) is 5.10 Å². The highest BCUT2D eigenvalue weighted by molar-refractivity contribution is 5.82. The molecule has 0 spiro atoms. The summed E-state index contributed by atoms with van der Waals surface area (Å²) < 4.78 is 6.72. The summed E-state index contributed by atoms with van der Waals surface area (Å²) in [5.74, 6) is 0.243. The van der Waals surface area contributed by atoms with Gasteiger partial charge in [-0.05, 0) is 51.7 Å². The molecule has 0 atom stereocenters. The molecule has 1 aliphatic heterocycles. The number of carbonyl (C=O) groups excluding carboxylic acids is 2. The molecule has 1 amide bonds. The predicted molar refractivity (Wildman–Crippen MR) is 107 cm³/mol. The molecule has 1 aromatic heterocycles. The van der Waals surface area contributed by atoms with Gasteiger partial charge in [0.25, 0.3) is 0 Å². The van der Waals surface area contributed by atoms with Gasteiger partial charge in [0.2, 0.25) is 5.91 Å². The summed E-state index contributed by atoms with van der Waals surface area (Å²) in [7, 11) is 0. The highest BCUT2D eigenvalue weighted by Gasteiger charge is 2.30. The summed E-state index contributed by atoms with van der Waals surface area (Å²) in [6, 6.07) is 8.01. The van der Waals surface area contributed by atoms with Gasteiger partial charge < -0.3 is 15.4 Å². The van der Waals surface area contributed by atoms with Crippen molar-refractivity contribution in [2.45, 2.75) is 59.1 Å². The zero-order valence-corrected chi connectivity index (χ0v) is 17.0. The van der Waals surface area contributed by atoms with Gasteiger partial charge in [0, 0.05) is 18.5 Å². The number of hydrogen-bond acceptors (Lipinski definition) is 5. The van der Waals surface area contributed by atoms with Crippen LogP contribution < -0.4 is 5.73 Å². The lowest BCUT2D eigenvalue weighted by atomic mass is 10.0. The number of hydrogen-bond donors (Lipinski definition) is 1. The SMILES string of the molecule is Cc1ccccc1CCC(=O)n1nc2c(c1N)CCN(C(=O)OC(C)(C)C)C2. The zero-order valence-electron chi connectivity index (χ0n) is 17.0. The fourth-order valence-corrected chi connectivity index (χ4v) is 3.33. The molecule has 7 nitrogen and oxygen atoms in total. The number of nitrogens with two attached hydrogens (primary N) is 1. The Morgan fingerprint density at radius 3 is 2.64 bits per heavy atom. The van der Waals surface area contributed by atoms with Crippen molar-refractivity contribution in [1.29, 1.82) is 0 Å².